The Bertz CT molecular complexity index is 881. The molecule has 2 aromatic rings. The van der Waals surface area contributed by atoms with Crippen molar-refractivity contribution in [1.82, 2.24) is 14.8 Å². The molecule has 156 valence electrons. The van der Waals surface area contributed by atoms with Crippen molar-refractivity contribution >= 4 is 5.91 Å². The van der Waals surface area contributed by atoms with E-state index >= 15 is 0 Å². The number of piperidine rings is 1. The summed E-state index contributed by atoms with van der Waals surface area (Å²) in [6.07, 6.45) is 4.66. The lowest BCUT2D eigenvalue weighted by Gasteiger charge is -2.40. The number of hydrogen-bond acceptors (Lipinski definition) is 6. The first kappa shape index (κ1) is 19.8. The van der Waals surface area contributed by atoms with Crippen LogP contribution in [0.1, 0.15) is 41.1 Å². The maximum absolute atomic E-state index is 12.8. The van der Waals surface area contributed by atoms with Gasteiger partial charge in [0.2, 0.25) is 5.76 Å². The number of amides is 1. The predicted molar refractivity (Wildman–Crippen MR) is 108 cm³/mol. The van der Waals surface area contributed by atoms with Crippen molar-refractivity contribution in [3.8, 4) is 11.5 Å². The number of likely N-dealkylation sites (tertiary alicyclic amines) is 2. The van der Waals surface area contributed by atoms with Gasteiger partial charge in [0, 0.05) is 37.2 Å². The number of aryl methyl sites for hydroxylation is 1. The first-order valence-corrected chi connectivity index (χ1v) is 10.2. The van der Waals surface area contributed by atoms with E-state index in [0.717, 1.165) is 69.0 Å². The van der Waals surface area contributed by atoms with Gasteiger partial charge in [0.1, 0.15) is 0 Å². The van der Waals surface area contributed by atoms with Crippen molar-refractivity contribution < 1.29 is 18.7 Å². The average Bonchev–Trinajstić information content (AvgIpc) is 3.34. The summed E-state index contributed by atoms with van der Waals surface area (Å²) >= 11 is 0. The fraction of sp³-hybridized carbons (Fsp3) is 0.545. The second-order valence-corrected chi connectivity index (χ2v) is 8.21. The molecule has 1 aromatic carbocycles. The van der Waals surface area contributed by atoms with E-state index in [1.165, 1.54) is 6.39 Å². The third-order valence-corrected chi connectivity index (χ3v) is 6.28. The summed E-state index contributed by atoms with van der Waals surface area (Å²) in [6.45, 7) is 6.21. The lowest BCUT2D eigenvalue weighted by Crippen LogP contribution is -2.45. The molecule has 1 atom stereocenters. The zero-order chi connectivity index (χ0) is 20.4. The second kappa shape index (κ2) is 8.06. The maximum Gasteiger partial charge on any atom is 0.291 e. The monoisotopic (exact) mass is 399 g/mol. The van der Waals surface area contributed by atoms with Gasteiger partial charge < -0.3 is 18.8 Å². The molecule has 29 heavy (non-hydrogen) atoms. The Morgan fingerprint density at radius 2 is 2.07 bits per heavy atom. The molecule has 3 heterocycles. The molecule has 1 spiro atoms. The number of rotatable bonds is 5. The first-order valence-electron chi connectivity index (χ1n) is 10.2. The van der Waals surface area contributed by atoms with Crippen LogP contribution in [0, 0.1) is 12.3 Å². The molecule has 7 nitrogen and oxygen atoms in total. The topological polar surface area (TPSA) is 68.0 Å². The molecule has 4 rings (SSSR count). The molecular formula is C22H29N3O4. The molecule has 0 aliphatic carbocycles. The quantitative estimate of drug-likeness (QED) is 0.770. The van der Waals surface area contributed by atoms with Gasteiger partial charge in [-0.05, 0) is 38.8 Å². The van der Waals surface area contributed by atoms with Gasteiger partial charge in [0.15, 0.2) is 17.9 Å². The summed E-state index contributed by atoms with van der Waals surface area (Å²) in [5.74, 6) is 1.90. The van der Waals surface area contributed by atoms with E-state index in [2.05, 4.69) is 16.0 Å². The van der Waals surface area contributed by atoms with Crippen LogP contribution in [0.15, 0.2) is 29.0 Å². The number of methoxy groups -OCH3 is 2. The summed E-state index contributed by atoms with van der Waals surface area (Å²) in [6, 6.07) is 6.03. The first-order chi connectivity index (χ1) is 14.0. The van der Waals surface area contributed by atoms with Gasteiger partial charge >= 0.3 is 0 Å². The minimum atomic E-state index is -0.0385. The normalized spacial score (nSPS) is 22.2. The number of oxazole rings is 1. The van der Waals surface area contributed by atoms with Crippen molar-refractivity contribution in [3.63, 3.8) is 0 Å². The average molecular weight is 399 g/mol. The minimum absolute atomic E-state index is 0.0385. The van der Waals surface area contributed by atoms with Crippen LogP contribution in [0.25, 0.3) is 0 Å². The number of ether oxygens (including phenoxy) is 2. The number of benzene rings is 1. The van der Waals surface area contributed by atoms with Gasteiger partial charge in [-0.2, -0.15) is 0 Å². The molecule has 2 saturated heterocycles. The van der Waals surface area contributed by atoms with E-state index in [1.807, 2.05) is 24.0 Å². The van der Waals surface area contributed by atoms with Gasteiger partial charge in [-0.15, -0.1) is 0 Å². The highest BCUT2D eigenvalue weighted by atomic mass is 16.5. The van der Waals surface area contributed by atoms with E-state index in [4.69, 9.17) is 13.9 Å². The van der Waals surface area contributed by atoms with Crippen LogP contribution < -0.4 is 9.47 Å². The number of hydrogen-bond donors (Lipinski definition) is 0. The molecular weight excluding hydrogens is 370 g/mol. The van der Waals surface area contributed by atoms with Crippen molar-refractivity contribution in [3.05, 3.63) is 41.6 Å². The second-order valence-electron chi connectivity index (χ2n) is 8.21. The number of aromatic nitrogens is 1. The molecule has 0 unspecified atom stereocenters. The zero-order valence-corrected chi connectivity index (χ0v) is 17.4. The summed E-state index contributed by atoms with van der Waals surface area (Å²) < 4.78 is 16.4. The third-order valence-electron chi connectivity index (χ3n) is 6.28. The number of carbonyl (C=O) groups excluding carboxylic acids is 1. The van der Waals surface area contributed by atoms with Crippen molar-refractivity contribution in [2.24, 2.45) is 5.41 Å². The molecule has 7 heteroatoms. The lowest BCUT2D eigenvalue weighted by molar-refractivity contribution is 0.0649. The van der Waals surface area contributed by atoms with Crippen molar-refractivity contribution in [1.29, 1.82) is 0 Å². The molecule has 2 aliphatic heterocycles. The van der Waals surface area contributed by atoms with E-state index in [0.29, 0.717) is 11.5 Å². The minimum Gasteiger partial charge on any atom is -0.493 e. The Kier molecular flexibility index (Phi) is 5.50. The molecule has 2 aliphatic rings. The predicted octanol–water partition coefficient (Wildman–Crippen LogP) is 3.13. The Labute approximate surface area is 171 Å². The highest BCUT2D eigenvalue weighted by Crippen LogP contribution is 2.41. The standard InChI is InChI=1S/C22H29N3O4/c1-16-19(29-15-23-16)21(26)25-11-9-22(14-25)8-5-10-24(13-22)12-17-6-4-7-18(27-2)20(17)28-3/h4,6-7,15H,5,8-14H2,1-3H3/t22-/m1/s1. The molecule has 2 fully saturated rings. The van der Waals surface area contributed by atoms with Gasteiger partial charge in [0.05, 0.1) is 19.9 Å². The Morgan fingerprint density at radius 3 is 2.79 bits per heavy atom. The smallest absolute Gasteiger partial charge is 0.291 e. The van der Waals surface area contributed by atoms with Crippen LogP contribution in [-0.2, 0) is 6.54 Å². The highest BCUT2D eigenvalue weighted by molar-refractivity contribution is 5.92. The lowest BCUT2D eigenvalue weighted by atomic mass is 9.79. The Morgan fingerprint density at radius 1 is 1.21 bits per heavy atom. The van der Waals surface area contributed by atoms with Crippen LogP contribution in [0.2, 0.25) is 0 Å². The van der Waals surface area contributed by atoms with Gasteiger partial charge in [-0.1, -0.05) is 12.1 Å². The summed E-state index contributed by atoms with van der Waals surface area (Å²) in [4.78, 5) is 21.3. The van der Waals surface area contributed by atoms with E-state index < -0.39 is 0 Å². The summed E-state index contributed by atoms with van der Waals surface area (Å²) in [5.41, 5.74) is 1.94. The van der Waals surface area contributed by atoms with E-state index in [1.54, 1.807) is 14.2 Å². The van der Waals surface area contributed by atoms with Gasteiger partial charge in [0.25, 0.3) is 5.91 Å². The van der Waals surface area contributed by atoms with Gasteiger partial charge in [-0.3, -0.25) is 9.69 Å². The molecule has 0 radical (unpaired) electrons. The van der Waals surface area contributed by atoms with Crippen LogP contribution >= 0.6 is 0 Å². The van der Waals surface area contributed by atoms with Crippen LogP contribution in [0.4, 0.5) is 0 Å². The highest BCUT2D eigenvalue weighted by Gasteiger charge is 2.43. The fourth-order valence-electron chi connectivity index (χ4n) is 4.86. The molecule has 1 aromatic heterocycles. The number of nitrogens with zero attached hydrogens (tertiary/aromatic N) is 3. The van der Waals surface area contributed by atoms with E-state index in [-0.39, 0.29) is 11.3 Å². The fourth-order valence-corrected chi connectivity index (χ4v) is 4.86. The van der Waals surface area contributed by atoms with Crippen molar-refractivity contribution in [2.45, 2.75) is 32.7 Å². The Hall–Kier alpha value is -2.54. The zero-order valence-electron chi connectivity index (χ0n) is 17.4. The largest absolute Gasteiger partial charge is 0.493 e. The van der Waals surface area contributed by atoms with Crippen LogP contribution in [0.3, 0.4) is 0 Å². The summed E-state index contributed by atoms with van der Waals surface area (Å²) in [5, 5.41) is 0. The number of carbonyl (C=O) groups is 1. The summed E-state index contributed by atoms with van der Waals surface area (Å²) in [7, 11) is 3.35. The molecule has 0 bridgehead atoms. The van der Waals surface area contributed by atoms with Gasteiger partial charge in [-0.25, -0.2) is 4.98 Å². The number of para-hydroxylation sites is 1. The maximum atomic E-state index is 12.8. The van der Waals surface area contributed by atoms with Crippen LogP contribution in [0.5, 0.6) is 11.5 Å². The Balaban J connectivity index is 1.45. The molecule has 0 N–H and O–H groups in total. The third kappa shape index (κ3) is 3.83. The SMILES string of the molecule is COc1cccc(CN2CCC[C@@]3(CCN(C(=O)c4ocnc4C)C3)C2)c1OC. The van der Waals surface area contributed by atoms with Crippen molar-refractivity contribution in [2.75, 3.05) is 40.4 Å². The van der Waals surface area contributed by atoms with E-state index in [9.17, 15) is 4.79 Å². The molecule has 0 saturated carbocycles. The van der Waals surface area contributed by atoms with Crippen LogP contribution in [-0.4, -0.2) is 61.1 Å². The molecule has 1 amide bonds.